The number of nitrogens with zero attached hydrogens (tertiary/aromatic N) is 1. The summed E-state index contributed by atoms with van der Waals surface area (Å²) in [5.41, 5.74) is 0. The van der Waals surface area contributed by atoms with E-state index in [1.54, 1.807) is 7.11 Å². The first-order chi connectivity index (χ1) is 9.08. The first kappa shape index (κ1) is 15.6. The lowest BCUT2D eigenvalue weighted by Gasteiger charge is -2.16. The molecular formula is C13H21F2N3O. The standard InChI is InChI=1S/C13H21F2N3O/c1-4-6-16-12-10(14)8-11(15)13(18-12)17-9(2)5-7-19-3/h8-9H,4-7H2,1-3H3,(H2,16,17,18). The largest absolute Gasteiger partial charge is 0.385 e. The molecule has 0 aliphatic heterocycles. The molecule has 0 bridgehead atoms. The van der Waals surface area contributed by atoms with Crippen LogP contribution in [0.25, 0.3) is 0 Å². The fourth-order valence-corrected chi connectivity index (χ4v) is 1.54. The molecule has 1 heterocycles. The predicted molar refractivity (Wildman–Crippen MR) is 72.5 cm³/mol. The average molecular weight is 273 g/mol. The van der Waals surface area contributed by atoms with Gasteiger partial charge in [0.1, 0.15) is 0 Å². The highest BCUT2D eigenvalue weighted by atomic mass is 19.1. The summed E-state index contributed by atoms with van der Waals surface area (Å²) in [7, 11) is 1.61. The Bertz CT molecular complexity index is 402. The number of pyridine rings is 1. The van der Waals surface area contributed by atoms with Crippen molar-refractivity contribution in [2.75, 3.05) is 30.9 Å². The Morgan fingerprint density at radius 2 is 2.00 bits per heavy atom. The van der Waals surface area contributed by atoms with Crippen LogP contribution in [0.1, 0.15) is 26.7 Å². The number of rotatable bonds is 8. The molecule has 108 valence electrons. The first-order valence-corrected chi connectivity index (χ1v) is 6.43. The van der Waals surface area contributed by atoms with Crippen molar-refractivity contribution in [2.24, 2.45) is 0 Å². The van der Waals surface area contributed by atoms with Crippen LogP contribution in [-0.4, -0.2) is 31.3 Å². The highest BCUT2D eigenvalue weighted by Gasteiger charge is 2.13. The van der Waals surface area contributed by atoms with Gasteiger partial charge in [-0.3, -0.25) is 0 Å². The molecule has 0 aliphatic rings. The molecule has 1 unspecified atom stereocenters. The van der Waals surface area contributed by atoms with E-state index in [9.17, 15) is 8.78 Å². The molecule has 0 amide bonds. The number of hydrogen-bond acceptors (Lipinski definition) is 4. The molecule has 19 heavy (non-hydrogen) atoms. The monoisotopic (exact) mass is 273 g/mol. The van der Waals surface area contributed by atoms with Crippen molar-refractivity contribution in [3.8, 4) is 0 Å². The Labute approximate surface area is 112 Å². The van der Waals surface area contributed by atoms with Gasteiger partial charge in [-0.15, -0.1) is 0 Å². The summed E-state index contributed by atoms with van der Waals surface area (Å²) in [6, 6.07) is 0.836. The topological polar surface area (TPSA) is 46.2 Å². The highest BCUT2D eigenvalue weighted by Crippen LogP contribution is 2.20. The quantitative estimate of drug-likeness (QED) is 0.764. The van der Waals surface area contributed by atoms with E-state index in [-0.39, 0.29) is 17.7 Å². The van der Waals surface area contributed by atoms with Crippen molar-refractivity contribution < 1.29 is 13.5 Å². The van der Waals surface area contributed by atoms with E-state index in [4.69, 9.17) is 4.74 Å². The molecule has 0 saturated carbocycles. The van der Waals surface area contributed by atoms with Crippen molar-refractivity contribution in [1.29, 1.82) is 0 Å². The Kier molecular flexibility index (Phi) is 6.49. The molecule has 0 aliphatic carbocycles. The number of halogens is 2. The maximum absolute atomic E-state index is 13.6. The summed E-state index contributed by atoms with van der Waals surface area (Å²) in [4.78, 5) is 3.94. The average Bonchev–Trinajstić information content (AvgIpc) is 2.38. The van der Waals surface area contributed by atoms with Crippen LogP contribution in [0.2, 0.25) is 0 Å². The van der Waals surface area contributed by atoms with Gasteiger partial charge in [0, 0.05) is 32.4 Å². The molecule has 0 saturated heterocycles. The van der Waals surface area contributed by atoms with E-state index in [0.29, 0.717) is 19.6 Å². The van der Waals surface area contributed by atoms with Crippen LogP contribution in [0.15, 0.2) is 6.07 Å². The molecule has 2 N–H and O–H groups in total. The second-order valence-corrected chi connectivity index (χ2v) is 4.40. The van der Waals surface area contributed by atoms with Gasteiger partial charge in [0.15, 0.2) is 23.3 Å². The summed E-state index contributed by atoms with van der Waals surface area (Å²) in [6.07, 6.45) is 1.55. The molecule has 1 atom stereocenters. The van der Waals surface area contributed by atoms with Gasteiger partial charge in [0.05, 0.1) is 0 Å². The van der Waals surface area contributed by atoms with Crippen LogP contribution in [0.5, 0.6) is 0 Å². The molecule has 4 nitrogen and oxygen atoms in total. The van der Waals surface area contributed by atoms with Crippen molar-refractivity contribution in [3.05, 3.63) is 17.7 Å². The predicted octanol–water partition coefficient (Wildman–Crippen LogP) is 3.02. The van der Waals surface area contributed by atoms with Gasteiger partial charge < -0.3 is 15.4 Å². The van der Waals surface area contributed by atoms with Gasteiger partial charge in [-0.05, 0) is 19.8 Å². The lowest BCUT2D eigenvalue weighted by atomic mass is 10.2. The van der Waals surface area contributed by atoms with Crippen molar-refractivity contribution >= 4 is 11.6 Å². The van der Waals surface area contributed by atoms with Crippen LogP contribution >= 0.6 is 0 Å². The zero-order valence-corrected chi connectivity index (χ0v) is 11.6. The number of nitrogens with one attached hydrogen (secondary N) is 2. The lowest BCUT2D eigenvalue weighted by molar-refractivity contribution is 0.191. The molecule has 0 fully saturated rings. The molecule has 0 spiro atoms. The van der Waals surface area contributed by atoms with Gasteiger partial charge in [0.2, 0.25) is 0 Å². The van der Waals surface area contributed by atoms with E-state index in [1.807, 2.05) is 13.8 Å². The fourth-order valence-electron chi connectivity index (χ4n) is 1.54. The first-order valence-electron chi connectivity index (χ1n) is 6.43. The molecule has 1 aromatic heterocycles. The minimum atomic E-state index is -0.691. The summed E-state index contributed by atoms with van der Waals surface area (Å²) < 4.78 is 32.0. The molecule has 6 heteroatoms. The van der Waals surface area contributed by atoms with E-state index in [0.717, 1.165) is 12.5 Å². The Hall–Kier alpha value is -1.43. The summed E-state index contributed by atoms with van der Waals surface area (Å²) in [5, 5.41) is 5.75. The lowest BCUT2D eigenvalue weighted by Crippen LogP contribution is -2.19. The molecule has 1 rings (SSSR count). The number of methoxy groups -OCH3 is 1. The zero-order valence-electron chi connectivity index (χ0n) is 11.6. The smallest absolute Gasteiger partial charge is 0.168 e. The van der Waals surface area contributed by atoms with Crippen LogP contribution in [0, 0.1) is 11.6 Å². The van der Waals surface area contributed by atoms with Gasteiger partial charge >= 0.3 is 0 Å². The Morgan fingerprint density at radius 1 is 1.32 bits per heavy atom. The van der Waals surface area contributed by atoms with Crippen molar-refractivity contribution in [1.82, 2.24) is 4.98 Å². The van der Waals surface area contributed by atoms with Gasteiger partial charge in [0.25, 0.3) is 0 Å². The number of aromatic nitrogens is 1. The van der Waals surface area contributed by atoms with Crippen molar-refractivity contribution in [2.45, 2.75) is 32.7 Å². The molecule has 0 radical (unpaired) electrons. The summed E-state index contributed by atoms with van der Waals surface area (Å²) in [5.74, 6) is -1.24. The van der Waals surface area contributed by atoms with E-state index >= 15 is 0 Å². The third-order valence-electron chi connectivity index (χ3n) is 2.61. The molecule has 0 aromatic carbocycles. The van der Waals surface area contributed by atoms with Gasteiger partial charge in [-0.1, -0.05) is 6.92 Å². The minimum Gasteiger partial charge on any atom is -0.385 e. The van der Waals surface area contributed by atoms with Crippen LogP contribution in [0.4, 0.5) is 20.4 Å². The normalized spacial score (nSPS) is 12.3. The van der Waals surface area contributed by atoms with E-state index in [2.05, 4.69) is 15.6 Å². The van der Waals surface area contributed by atoms with Gasteiger partial charge in [-0.2, -0.15) is 0 Å². The Balaban J connectivity index is 2.76. The van der Waals surface area contributed by atoms with Gasteiger partial charge in [-0.25, -0.2) is 13.8 Å². The van der Waals surface area contributed by atoms with Crippen molar-refractivity contribution in [3.63, 3.8) is 0 Å². The Morgan fingerprint density at radius 3 is 2.63 bits per heavy atom. The van der Waals surface area contributed by atoms with Crippen LogP contribution < -0.4 is 10.6 Å². The number of ether oxygens (including phenoxy) is 1. The fraction of sp³-hybridized carbons (Fsp3) is 0.615. The van der Waals surface area contributed by atoms with E-state index in [1.165, 1.54) is 0 Å². The second-order valence-electron chi connectivity index (χ2n) is 4.40. The van der Waals surface area contributed by atoms with Crippen LogP contribution in [0.3, 0.4) is 0 Å². The second kappa shape index (κ2) is 7.89. The van der Waals surface area contributed by atoms with E-state index < -0.39 is 11.6 Å². The SMILES string of the molecule is CCCNc1nc(NC(C)CCOC)c(F)cc1F. The number of hydrogen-bond donors (Lipinski definition) is 2. The highest BCUT2D eigenvalue weighted by molar-refractivity contribution is 5.47. The molecular weight excluding hydrogens is 252 g/mol. The maximum atomic E-state index is 13.6. The zero-order chi connectivity index (χ0) is 14.3. The maximum Gasteiger partial charge on any atom is 0.168 e. The number of anilines is 2. The summed E-state index contributed by atoms with van der Waals surface area (Å²) >= 11 is 0. The third-order valence-corrected chi connectivity index (χ3v) is 2.61. The minimum absolute atomic E-state index is 0.00793. The summed E-state index contributed by atoms with van der Waals surface area (Å²) in [6.45, 7) is 5.01. The third kappa shape index (κ3) is 4.98. The van der Waals surface area contributed by atoms with Crippen LogP contribution in [-0.2, 0) is 4.74 Å². The molecule has 1 aromatic rings.